The summed E-state index contributed by atoms with van der Waals surface area (Å²) in [4.78, 5) is 35.7. The van der Waals surface area contributed by atoms with Crippen molar-refractivity contribution >= 4 is 29.1 Å². The average molecular weight is 390 g/mol. The first kappa shape index (κ1) is 19.2. The summed E-state index contributed by atoms with van der Waals surface area (Å²) in [5, 5.41) is 3.51. The number of halogens is 1. The van der Waals surface area contributed by atoms with Gasteiger partial charge in [0.1, 0.15) is 5.56 Å². The number of rotatable bonds is 5. The molecule has 144 valence electrons. The fraction of sp³-hybridized carbons (Fsp3) is 0.421. The number of carbonyl (C=O) groups is 1. The first-order valence-corrected chi connectivity index (χ1v) is 9.52. The molecular weight excluding hydrogens is 366 g/mol. The molecule has 0 saturated carbocycles. The molecule has 1 atom stereocenters. The second-order valence-corrected chi connectivity index (χ2v) is 7.07. The quantitative estimate of drug-likeness (QED) is 0.819. The van der Waals surface area contributed by atoms with Crippen molar-refractivity contribution in [1.29, 1.82) is 0 Å². The zero-order valence-corrected chi connectivity index (χ0v) is 16.3. The summed E-state index contributed by atoms with van der Waals surface area (Å²) in [7, 11) is 0. The Hall–Kier alpha value is -2.54. The third-order valence-corrected chi connectivity index (χ3v) is 5.11. The van der Waals surface area contributed by atoms with E-state index in [1.54, 1.807) is 0 Å². The number of nitrogens with one attached hydrogen (secondary N) is 2. The Morgan fingerprint density at radius 1 is 1.26 bits per heavy atom. The number of para-hydroxylation sites is 1. The normalized spacial score (nSPS) is 15.5. The highest BCUT2D eigenvalue weighted by atomic mass is 35.5. The Morgan fingerprint density at radius 2 is 1.93 bits per heavy atom. The van der Waals surface area contributed by atoms with Gasteiger partial charge in [-0.3, -0.25) is 14.6 Å². The molecule has 1 fully saturated rings. The van der Waals surface area contributed by atoms with E-state index in [4.69, 9.17) is 11.6 Å². The smallest absolute Gasteiger partial charge is 0.265 e. The molecule has 0 radical (unpaired) electrons. The van der Waals surface area contributed by atoms with E-state index in [1.165, 1.54) is 6.20 Å². The number of amides is 1. The van der Waals surface area contributed by atoms with Gasteiger partial charge in [-0.1, -0.05) is 30.7 Å². The van der Waals surface area contributed by atoms with Crippen LogP contribution in [0.1, 0.15) is 30.6 Å². The van der Waals surface area contributed by atoms with E-state index in [2.05, 4.69) is 20.2 Å². The predicted molar refractivity (Wildman–Crippen MR) is 108 cm³/mol. The number of benzene rings is 1. The minimum absolute atomic E-state index is 0.00876. The van der Waals surface area contributed by atoms with Crippen LogP contribution in [0, 0.1) is 0 Å². The van der Waals surface area contributed by atoms with E-state index >= 15 is 0 Å². The van der Waals surface area contributed by atoms with E-state index in [-0.39, 0.29) is 11.6 Å². The molecule has 0 spiro atoms. The number of anilines is 2. The van der Waals surface area contributed by atoms with Gasteiger partial charge in [0.05, 0.1) is 10.7 Å². The molecule has 1 aromatic carbocycles. The first-order chi connectivity index (χ1) is 13.0. The van der Waals surface area contributed by atoms with Crippen molar-refractivity contribution in [2.75, 3.05) is 36.0 Å². The van der Waals surface area contributed by atoms with E-state index < -0.39 is 11.5 Å². The van der Waals surface area contributed by atoms with Crippen LogP contribution in [0.15, 0.2) is 35.3 Å². The predicted octanol–water partition coefficient (Wildman–Crippen LogP) is 2.28. The first-order valence-electron chi connectivity index (χ1n) is 9.14. The number of aromatic nitrogens is 2. The van der Waals surface area contributed by atoms with Gasteiger partial charge in [0.2, 0.25) is 5.95 Å². The van der Waals surface area contributed by atoms with E-state index in [0.717, 1.165) is 30.2 Å². The van der Waals surface area contributed by atoms with E-state index in [9.17, 15) is 9.59 Å². The number of H-pyrrole nitrogens is 1. The number of hydrogen-bond donors (Lipinski definition) is 2. The highest BCUT2D eigenvalue weighted by molar-refractivity contribution is 6.33. The molecule has 2 N–H and O–H groups in total. The number of nitrogens with zero attached hydrogens (tertiary/aromatic N) is 3. The van der Waals surface area contributed by atoms with Crippen LogP contribution >= 0.6 is 11.6 Å². The van der Waals surface area contributed by atoms with Crippen LogP contribution in [-0.2, 0) is 0 Å². The van der Waals surface area contributed by atoms with Crippen molar-refractivity contribution < 1.29 is 4.79 Å². The molecule has 1 aromatic heterocycles. The zero-order chi connectivity index (χ0) is 19.4. The maximum Gasteiger partial charge on any atom is 0.265 e. The third kappa shape index (κ3) is 4.42. The molecule has 2 aromatic rings. The molecule has 1 amide bonds. The lowest BCUT2D eigenvalue weighted by Crippen LogP contribution is -2.47. The van der Waals surface area contributed by atoms with Crippen molar-refractivity contribution in [2.24, 2.45) is 0 Å². The lowest BCUT2D eigenvalue weighted by Gasteiger charge is -2.36. The summed E-state index contributed by atoms with van der Waals surface area (Å²) >= 11 is 6.27. The Kier molecular flexibility index (Phi) is 6.01. The van der Waals surface area contributed by atoms with Crippen molar-refractivity contribution in [2.45, 2.75) is 26.3 Å². The molecular formula is C19H24ClN5O2. The number of piperazine rings is 1. The zero-order valence-electron chi connectivity index (χ0n) is 15.5. The Balaban J connectivity index is 1.67. The van der Waals surface area contributed by atoms with Crippen LogP contribution in [0.2, 0.25) is 5.02 Å². The topological polar surface area (TPSA) is 81.3 Å². The number of aromatic amines is 1. The molecule has 1 aliphatic heterocycles. The van der Waals surface area contributed by atoms with Crippen LogP contribution in [0.5, 0.6) is 0 Å². The summed E-state index contributed by atoms with van der Waals surface area (Å²) in [6.07, 6.45) is 2.15. The summed E-state index contributed by atoms with van der Waals surface area (Å²) in [5.41, 5.74) is 0.625. The van der Waals surface area contributed by atoms with Crippen molar-refractivity contribution in [3.05, 3.63) is 51.4 Å². The Labute approximate surface area is 163 Å². The van der Waals surface area contributed by atoms with Gasteiger partial charge in [0, 0.05) is 38.4 Å². The second kappa shape index (κ2) is 8.43. The average Bonchev–Trinajstić information content (AvgIpc) is 2.68. The minimum Gasteiger partial charge on any atom is -0.367 e. The fourth-order valence-corrected chi connectivity index (χ4v) is 3.23. The Bertz CT molecular complexity index is 861. The maximum absolute atomic E-state index is 12.3. The maximum atomic E-state index is 12.3. The van der Waals surface area contributed by atoms with Crippen LogP contribution in [0.25, 0.3) is 0 Å². The van der Waals surface area contributed by atoms with Crippen LogP contribution < -0.4 is 20.7 Å². The molecule has 27 heavy (non-hydrogen) atoms. The van der Waals surface area contributed by atoms with E-state index in [1.807, 2.05) is 43.0 Å². The molecule has 1 aliphatic rings. The summed E-state index contributed by atoms with van der Waals surface area (Å²) < 4.78 is 0. The summed E-state index contributed by atoms with van der Waals surface area (Å²) in [6, 6.07) is 7.77. The van der Waals surface area contributed by atoms with Gasteiger partial charge in [-0.05, 0) is 25.5 Å². The third-order valence-electron chi connectivity index (χ3n) is 4.79. The van der Waals surface area contributed by atoms with E-state index in [0.29, 0.717) is 19.0 Å². The van der Waals surface area contributed by atoms with Gasteiger partial charge in [0.15, 0.2) is 0 Å². The highest BCUT2D eigenvalue weighted by Crippen LogP contribution is 2.26. The molecule has 3 rings (SSSR count). The largest absolute Gasteiger partial charge is 0.367 e. The SMILES string of the molecule is CC[C@H](C)NC(=O)c1cnc(N2CCN(c3ccccc3Cl)CC2)[nH]c1=O. The minimum atomic E-state index is -0.422. The highest BCUT2D eigenvalue weighted by Gasteiger charge is 2.21. The molecule has 0 unspecified atom stereocenters. The fourth-order valence-electron chi connectivity index (χ4n) is 2.98. The summed E-state index contributed by atoms with van der Waals surface area (Å²) in [5.74, 6) is 0.0899. The standard InChI is InChI=1S/C19H24ClN5O2/c1-3-13(2)22-17(26)14-12-21-19(23-18(14)27)25-10-8-24(9-11-25)16-7-5-4-6-15(16)20/h4-7,12-13H,3,8-11H2,1-2H3,(H,22,26)(H,21,23,27)/t13-/m0/s1. The van der Waals surface area contributed by atoms with Crippen LogP contribution in [0.4, 0.5) is 11.6 Å². The molecule has 2 heterocycles. The van der Waals surface area contributed by atoms with Crippen LogP contribution in [0.3, 0.4) is 0 Å². The lowest BCUT2D eigenvalue weighted by molar-refractivity contribution is 0.0937. The van der Waals surface area contributed by atoms with Crippen LogP contribution in [-0.4, -0.2) is 48.1 Å². The van der Waals surface area contributed by atoms with Crippen molar-refractivity contribution in [3.63, 3.8) is 0 Å². The monoisotopic (exact) mass is 389 g/mol. The van der Waals surface area contributed by atoms with Gasteiger partial charge in [0.25, 0.3) is 11.5 Å². The Morgan fingerprint density at radius 3 is 2.56 bits per heavy atom. The lowest BCUT2D eigenvalue weighted by atomic mass is 10.2. The molecule has 0 bridgehead atoms. The van der Waals surface area contributed by atoms with Gasteiger partial charge in [-0.15, -0.1) is 0 Å². The molecule has 1 saturated heterocycles. The van der Waals surface area contributed by atoms with Gasteiger partial charge in [-0.25, -0.2) is 4.98 Å². The number of hydrogen-bond acceptors (Lipinski definition) is 5. The van der Waals surface area contributed by atoms with Crippen molar-refractivity contribution in [1.82, 2.24) is 15.3 Å². The molecule has 7 nitrogen and oxygen atoms in total. The summed E-state index contributed by atoms with van der Waals surface area (Å²) in [6.45, 7) is 6.80. The van der Waals surface area contributed by atoms with Crippen molar-refractivity contribution in [3.8, 4) is 0 Å². The van der Waals surface area contributed by atoms with Gasteiger partial charge < -0.3 is 15.1 Å². The van der Waals surface area contributed by atoms with Gasteiger partial charge >= 0.3 is 0 Å². The number of carbonyl (C=O) groups excluding carboxylic acids is 1. The molecule has 0 aliphatic carbocycles. The molecule has 8 heteroatoms. The second-order valence-electron chi connectivity index (χ2n) is 6.66. The van der Waals surface area contributed by atoms with Gasteiger partial charge in [-0.2, -0.15) is 0 Å².